The summed E-state index contributed by atoms with van der Waals surface area (Å²) < 4.78 is 19.7. The van der Waals surface area contributed by atoms with Gasteiger partial charge in [0.1, 0.15) is 11.9 Å². The molecule has 1 atom stereocenters. The minimum Gasteiger partial charge on any atom is -0.380 e. The van der Waals surface area contributed by atoms with Gasteiger partial charge in [-0.1, -0.05) is 56.0 Å². The van der Waals surface area contributed by atoms with Gasteiger partial charge in [0.25, 0.3) is 0 Å². The Kier molecular flexibility index (Phi) is 8.31. The van der Waals surface area contributed by atoms with E-state index in [0.29, 0.717) is 24.3 Å². The highest BCUT2D eigenvalue weighted by molar-refractivity contribution is 6.88. The summed E-state index contributed by atoms with van der Waals surface area (Å²) in [6, 6.07) is 11.1. The van der Waals surface area contributed by atoms with Crippen molar-refractivity contribution < 1.29 is 18.7 Å². The molecular weight excluding hydrogens is 399 g/mol. The lowest BCUT2D eigenvalue weighted by atomic mass is 9.96. The molecule has 2 aromatic rings. The predicted octanol–water partition coefficient (Wildman–Crippen LogP) is 3.69. The number of rotatable bonds is 9. The maximum absolute atomic E-state index is 14.6. The Morgan fingerprint density at radius 3 is 2.23 bits per heavy atom. The molecule has 30 heavy (non-hydrogen) atoms. The molecule has 0 saturated heterocycles. The van der Waals surface area contributed by atoms with Crippen LogP contribution in [0.1, 0.15) is 29.7 Å². The summed E-state index contributed by atoms with van der Waals surface area (Å²) >= 11 is 0. The Morgan fingerprint density at radius 1 is 1.07 bits per heavy atom. The van der Waals surface area contributed by atoms with E-state index in [9.17, 15) is 14.0 Å². The molecule has 0 aromatic heterocycles. The molecule has 0 aliphatic carbocycles. The number of Topliss-reactive ketones (excluding diaryl/α,β-unsaturated/α-hetero) is 1. The first-order valence-electron chi connectivity index (χ1n) is 10.1. The Hall–Kier alpha value is -2.51. The molecule has 0 aliphatic heterocycles. The molecular formula is C23H31FN2O3Si. The van der Waals surface area contributed by atoms with Crippen LogP contribution < -0.4 is 15.8 Å². The van der Waals surface area contributed by atoms with Crippen molar-refractivity contribution in [3.05, 3.63) is 65.0 Å². The molecule has 0 saturated carbocycles. The molecule has 5 nitrogen and oxygen atoms in total. The number of hydrogen-bond donors (Lipinski definition) is 2. The SMILES string of the molecule is CCNC(=O)N[C@@H](C(=O)Cc1ccc([Si](C)(C)C)c(F)c1)c1ccc(COC)cc1. The van der Waals surface area contributed by atoms with Crippen molar-refractivity contribution in [2.24, 2.45) is 0 Å². The largest absolute Gasteiger partial charge is 0.380 e. The normalized spacial score (nSPS) is 12.3. The predicted molar refractivity (Wildman–Crippen MR) is 120 cm³/mol. The monoisotopic (exact) mass is 430 g/mol. The Bertz CT molecular complexity index is 879. The van der Waals surface area contributed by atoms with Gasteiger partial charge >= 0.3 is 6.03 Å². The molecule has 0 bridgehead atoms. The number of amides is 2. The first-order valence-corrected chi connectivity index (χ1v) is 13.6. The Balaban J connectivity index is 2.26. The van der Waals surface area contributed by atoms with E-state index in [-0.39, 0.29) is 18.0 Å². The van der Waals surface area contributed by atoms with Crippen molar-refractivity contribution in [3.8, 4) is 0 Å². The van der Waals surface area contributed by atoms with Crippen molar-refractivity contribution in [1.82, 2.24) is 10.6 Å². The molecule has 0 spiro atoms. The summed E-state index contributed by atoms with van der Waals surface area (Å²) in [4.78, 5) is 25.2. The molecule has 0 unspecified atom stereocenters. The number of ether oxygens (including phenoxy) is 1. The van der Waals surface area contributed by atoms with E-state index < -0.39 is 20.1 Å². The third-order valence-electron chi connectivity index (χ3n) is 4.78. The second-order valence-corrected chi connectivity index (χ2v) is 13.4. The Labute approximate surface area is 179 Å². The lowest BCUT2D eigenvalue weighted by molar-refractivity contribution is -0.120. The zero-order valence-electron chi connectivity index (χ0n) is 18.3. The number of urea groups is 1. The second kappa shape index (κ2) is 10.5. The average molecular weight is 431 g/mol. The van der Waals surface area contributed by atoms with Gasteiger partial charge in [0.05, 0.1) is 14.7 Å². The van der Waals surface area contributed by atoms with Gasteiger partial charge in [-0.25, -0.2) is 9.18 Å². The molecule has 2 aromatic carbocycles. The number of halogens is 1. The van der Waals surface area contributed by atoms with Gasteiger partial charge in [-0.05, 0) is 34.9 Å². The van der Waals surface area contributed by atoms with Crippen LogP contribution in [0.5, 0.6) is 0 Å². The minimum absolute atomic E-state index is 0.0276. The molecule has 0 radical (unpaired) electrons. The van der Waals surface area contributed by atoms with Crippen LogP contribution >= 0.6 is 0 Å². The van der Waals surface area contributed by atoms with Gasteiger partial charge in [0.2, 0.25) is 0 Å². The first kappa shape index (κ1) is 23.8. The highest BCUT2D eigenvalue weighted by Crippen LogP contribution is 2.19. The summed E-state index contributed by atoms with van der Waals surface area (Å²) in [7, 11) is -0.179. The summed E-state index contributed by atoms with van der Waals surface area (Å²) in [6.45, 7) is 8.95. The van der Waals surface area contributed by atoms with Gasteiger partial charge in [0.15, 0.2) is 5.78 Å². The summed E-state index contributed by atoms with van der Waals surface area (Å²) in [5.41, 5.74) is 2.23. The van der Waals surface area contributed by atoms with Gasteiger partial charge in [0, 0.05) is 20.1 Å². The maximum atomic E-state index is 14.6. The number of methoxy groups -OCH3 is 1. The van der Waals surface area contributed by atoms with E-state index in [1.807, 2.05) is 12.1 Å². The summed E-state index contributed by atoms with van der Waals surface area (Å²) in [5.74, 6) is -0.475. The van der Waals surface area contributed by atoms with Crippen LogP contribution in [-0.4, -0.2) is 33.5 Å². The van der Waals surface area contributed by atoms with Crippen molar-refractivity contribution >= 4 is 25.1 Å². The number of ketones is 1. The highest BCUT2D eigenvalue weighted by atomic mass is 28.3. The third-order valence-corrected chi connectivity index (χ3v) is 6.80. The van der Waals surface area contributed by atoms with Crippen LogP contribution in [0.3, 0.4) is 0 Å². The zero-order chi connectivity index (χ0) is 22.3. The molecule has 162 valence electrons. The molecule has 7 heteroatoms. The average Bonchev–Trinajstić information content (AvgIpc) is 2.66. The molecule has 2 amide bonds. The summed E-state index contributed by atoms with van der Waals surface area (Å²) in [6.07, 6.45) is 0.0276. The van der Waals surface area contributed by atoms with Crippen LogP contribution in [-0.2, 0) is 22.6 Å². The van der Waals surface area contributed by atoms with E-state index >= 15 is 0 Å². The molecule has 0 fully saturated rings. The van der Waals surface area contributed by atoms with Gasteiger partial charge < -0.3 is 15.4 Å². The van der Waals surface area contributed by atoms with Crippen LogP contribution in [0, 0.1) is 5.82 Å². The van der Waals surface area contributed by atoms with E-state index in [4.69, 9.17) is 4.74 Å². The van der Waals surface area contributed by atoms with Crippen LogP contribution in [0.25, 0.3) is 0 Å². The van der Waals surface area contributed by atoms with Gasteiger partial charge in [-0.2, -0.15) is 0 Å². The van der Waals surface area contributed by atoms with Crippen molar-refractivity contribution in [3.63, 3.8) is 0 Å². The molecule has 0 heterocycles. The van der Waals surface area contributed by atoms with E-state index in [2.05, 4.69) is 30.3 Å². The van der Waals surface area contributed by atoms with Crippen LogP contribution in [0.2, 0.25) is 19.6 Å². The van der Waals surface area contributed by atoms with Crippen LogP contribution in [0.15, 0.2) is 42.5 Å². The zero-order valence-corrected chi connectivity index (χ0v) is 19.3. The van der Waals surface area contributed by atoms with Gasteiger partial charge in [-0.15, -0.1) is 0 Å². The number of benzene rings is 2. The maximum Gasteiger partial charge on any atom is 0.315 e. The summed E-state index contributed by atoms with van der Waals surface area (Å²) in [5, 5.41) is 6.13. The van der Waals surface area contributed by atoms with E-state index in [1.165, 1.54) is 6.07 Å². The fraction of sp³-hybridized carbons (Fsp3) is 0.391. The molecule has 2 rings (SSSR count). The van der Waals surface area contributed by atoms with Crippen molar-refractivity contribution in [2.45, 2.75) is 45.6 Å². The quantitative estimate of drug-likeness (QED) is 0.596. The number of carbonyl (C=O) groups is 2. The molecule has 2 N–H and O–H groups in total. The fourth-order valence-electron chi connectivity index (χ4n) is 3.25. The fourth-order valence-corrected chi connectivity index (χ4v) is 4.62. The smallest absolute Gasteiger partial charge is 0.315 e. The number of hydrogen-bond acceptors (Lipinski definition) is 3. The number of carbonyl (C=O) groups excluding carboxylic acids is 2. The topological polar surface area (TPSA) is 67.4 Å². The minimum atomic E-state index is -1.79. The lowest BCUT2D eigenvalue weighted by Gasteiger charge is -2.20. The number of nitrogens with one attached hydrogen (secondary N) is 2. The van der Waals surface area contributed by atoms with E-state index in [0.717, 1.165) is 10.8 Å². The second-order valence-electron chi connectivity index (χ2n) is 8.32. The lowest BCUT2D eigenvalue weighted by Crippen LogP contribution is -2.41. The van der Waals surface area contributed by atoms with Crippen molar-refractivity contribution in [2.75, 3.05) is 13.7 Å². The van der Waals surface area contributed by atoms with Crippen molar-refractivity contribution in [1.29, 1.82) is 0 Å². The Morgan fingerprint density at radius 2 is 1.70 bits per heavy atom. The molecule has 0 aliphatic rings. The highest BCUT2D eigenvalue weighted by Gasteiger charge is 2.25. The third kappa shape index (κ3) is 6.50. The van der Waals surface area contributed by atoms with Crippen LogP contribution in [0.4, 0.5) is 9.18 Å². The standard InChI is InChI=1S/C23H31FN2O3Si/c1-6-25-23(28)26-22(18-10-7-16(8-11-18)15-29-2)20(27)14-17-9-12-21(19(24)13-17)30(3,4)5/h7-13,22H,6,14-15H2,1-5H3,(H2,25,26,28)/t22-/m1/s1. The van der Waals surface area contributed by atoms with E-state index in [1.54, 1.807) is 38.3 Å². The first-order chi connectivity index (χ1) is 14.2. The van der Waals surface area contributed by atoms with Gasteiger partial charge in [-0.3, -0.25) is 4.79 Å².